The molecule has 1 N–H and O–H groups in total. The summed E-state index contributed by atoms with van der Waals surface area (Å²) in [4.78, 5) is 43.3. The van der Waals surface area contributed by atoms with Crippen molar-refractivity contribution in [3.8, 4) is 5.13 Å². The maximum Gasteiger partial charge on any atom is 0.256 e. The highest BCUT2D eigenvalue weighted by atomic mass is 32.1. The molecule has 6 rings (SSSR count). The average Bonchev–Trinajstić information content (AvgIpc) is 3.53. The van der Waals surface area contributed by atoms with Gasteiger partial charge in [0.25, 0.3) is 5.91 Å². The van der Waals surface area contributed by atoms with E-state index in [1.54, 1.807) is 46.4 Å². The Morgan fingerprint density at radius 3 is 2.49 bits per heavy atom. The van der Waals surface area contributed by atoms with Crippen LogP contribution in [0.2, 0.25) is 0 Å². The van der Waals surface area contributed by atoms with Crippen LogP contribution in [-0.4, -0.2) is 32.5 Å². The zero-order valence-corrected chi connectivity index (χ0v) is 20.0. The lowest BCUT2D eigenvalue weighted by molar-refractivity contribution is -0.121. The molecule has 0 spiro atoms. The molecule has 1 saturated heterocycles. The number of rotatable bonds is 4. The van der Waals surface area contributed by atoms with Crippen LogP contribution in [0.5, 0.6) is 0 Å². The molecule has 3 heterocycles. The quantitative estimate of drug-likeness (QED) is 0.427. The number of imide groups is 1. The molecule has 2 aromatic heterocycles. The van der Waals surface area contributed by atoms with Gasteiger partial charge in [0.2, 0.25) is 16.9 Å². The van der Waals surface area contributed by atoms with Gasteiger partial charge in [0.1, 0.15) is 5.82 Å². The summed E-state index contributed by atoms with van der Waals surface area (Å²) in [6, 6.07) is 12.8. The van der Waals surface area contributed by atoms with Gasteiger partial charge in [0, 0.05) is 24.5 Å². The Labute approximate surface area is 205 Å². The number of thiazole rings is 1. The molecule has 1 aliphatic heterocycles. The van der Waals surface area contributed by atoms with Crippen LogP contribution in [0.15, 0.2) is 42.5 Å². The van der Waals surface area contributed by atoms with E-state index >= 15 is 0 Å². The number of aryl methyl sites for hydroxylation is 3. The van der Waals surface area contributed by atoms with E-state index in [0.29, 0.717) is 22.2 Å². The van der Waals surface area contributed by atoms with Crippen LogP contribution in [0.4, 0.5) is 11.5 Å². The molecule has 35 heavy (non-hydrogen) atoms. The van der Waals surface area contributed by atoms with Gasteiger partial charge in [-0.1, -0.05) is 17.4 Å². The normalized spacial score (nSPS) is 15.6. The number of fused-ring (bicyclic) bond motifs is 2. The van der Waals surface area contributed by atoms with Crippen LogP contribution in [0.3, 0.4) is 0 Å². The van der Waals surface area contributed by atoms with Crippen molar-refractivity contribution in [2.24, 2.45) is 0 Å². The molecule has 0 unspecified atom stereocenters. The number of benzene rings is 2. The van der Waals surface area contributed by atoms with Crippen molar-refractivity contribution in [1.82, 2.24) is 14.8 Å². The van der Waals surface area contributed by atoms with Gasteiger partial charge in [-0.2, -0.15) is 9.78 Å². The molecular weight excluding hydrogens is 462 g/mol. The number of hydrogen-bond donors (Lipinski definition) is 1. The second-order valence-corrected chi connectivity index (χ2v) is 10.0. The first-order valence-electron chi connectivity index (χ1n) is 11.7. The van der Waals surface area contributed by atoms with Crippen LogP contribution in [0.1, 0.15) is 52.9 Å². The van der Waals surface area contributed by atoms with Crippen LogP contribution >= 0.6 is 11.3 Å². The number of carbonyl (C=O) groups is 3. The molecule has 8 nitrogen and oxygen atoms in total. The highest BCUT2D eigenvalue weighted by molar-refractivity contribution is 7.20. The minimum absolute atomic E-state index is 0.193. The predicted octanol–water partition coefficient (Wildman–Crippen LogP) is 4.57. The third-order valence-electron chi connectivity index (χ3n) is 6.51. The SMILES string of the molecule is Cc1cc(NC(=O)c2cccc(N3C(=O)CCC3=O)c2)n(-c2nc3cc4c(cc3s2)CCCC4)n1. The lowest BCUT2D eigenvalue weighted by Gasteiger charge is -2.15. The molecule has 0 bridgehead atoms. The summed E-state index contributed by atoms with van der Waals surface area (Å²) in [5.74, 6) is -0.351. The van der Waals surface area contributed by atoms with Crippen molar-refractivity contribution in [3.63, 3.8) is 0 Å². The number of aromatic nitrogens is 3. The van der Waals surface area contributed by atoms with Gasteiger partial charge in [0.15, 0.2) is 0 Å². The standard InChI is InChI=1S/C26H23N5O3S/c1-15-11-22(28-25(34)18-7-4-8-19(12-18)30-23(32)9-10-24(30)33)31(29-15)26-27-20-13-16-5-2-3-6-17(16)14-21(20)35-26/h4,7-8,11-14H,2-3,5-6,9-10H2,1H3,(H,28,34). The Balaban J connectivity index is 1.30. The van der Waals surface area contributed by atoms with Crippen LogP contribution in [0.25, 0.3) is 15.3 Å². The fraction of sp³-hybridized carbons (Fsp3) is 0.269. The average molecular weight is 486 g/mol. The Morgan fingerprint density at radius 2 is 1.71 bits per heavy atom. The highest BCUT2D eigenvalue weighted by Gasteiger charge is 2.30. The summed E-state index contributed by atoms with van der Waals surface area (Å²) in [5.41, 5.74) is 5.23. The van der Waals surface area contributed by atoms with Gasteiger partial charge in [-0.15, -0.1) is 0 Å². The number of hydrogen-bond acceptors (Lipinski definition) is 6. The Morgan fingerprint density at radius 1 is 0.971 bits per heavy atom. The number of nitrogens with zero attached hydrogens (tertiary/aromatic N) is 4. The Kier molecular flexibility index (Phi) is 5.21. The number of carbonyl (C=O) groups excluding carboxylic acids is 3. The molecule has 9 heteroatoms. The first-order chi connectivity index (χ1) is 17.0. The van der Waals surface area contributed by atoms with E-state index in [1.165, 1.54) is 24.0 Å². The van der Waals surface area contributed by atoms with Crippen LogP contribution in [-0.2, 0) is 22.4 Å². The highest BCUT2D eigenvalue weighted by Crippen LogP contribution is 2.32. The fourth-order valence-corrected chi connectivity index (χ4v) is 5.78. The van der Waals surface area contributed by atoms with Crippen molar-refractivity contribution in [1.29, 1.82) is 0 Å². The number of nitrogens with one attached hydrogen (secondary N) is 1. The molecule has 0 atom stereocenters. The van der Waals surface area contributed by atoms with Crippen molar-refractivity contribution in [3.05, 3.63) is 64.8 Å². The second-order valence-electron chi connectivity index (χ2n) is 9.00. The maximum atomic E-state index is 13.1. The molecule has 0 radical (unpaired) electrons. The van der Waals surface area contributed by atoms with E-state index in [1.807, 2.05) is 6.92 Å². The molecule has 4 aromatic rings. The van der Waals surface area contributed by atoms with E-state index in [2.05, 4.69) is 22.5 Å². The van der Waals surface area contributed by atoms with Gasteiger partial charge in [-0.05, 0) is 74.1 Å². The minimum atomic E-state index is -0.358. The Bertz CT molecular complexity index is 1460. The summed E-state index contributed by atoms with van der Waals surface area (Å²) in [7, 11) is 0. The predicted molar refractivity (Wildman–Crippen MR) is 134 cm³/mol. The molecule has 2 aromatic carbocycles. The molecule has 1 fully saturated rings. The Hall–Kier alpha value is -3.85. The largest absolute Gasteiger partial charge is 0.306 e. The van der Waals surface area contributed by atoms with Gasteiger partial charge in [-0.25, -0.2) is 4.98 Å². The van der Waals surface area contributed by atoms with E-state index in [-0.39, 0.29) is 30.6 Å². The molecule has 2 aliphatic rings. The first kappa shape index (κ1) is 21.7. The topological polar surface area (TPSA) is 97.2 Å². The fourth-order valence-electron chi connectivity index (χ4n) is 4.81. The van der Waals surface area contributed by atoms with Crippen LogP contribution < -0.4 is 10.2 Å². The zero-order chi connectivity index (χ0) is 24.1. The molecule has 0 saturated carbocycles. The molecule has 176 valence electrons. The van der Waals surface area contributed by atoms with E-state index in [9.17, 15) is 14.4 Å². The van der Waals surface area contributed by atoms with Crippen molar-refractivity contribution in [2.45, 2.75) is 45.4 Å². The van der Waals surface area contributed by atoms with Crippen molar-refractivity contribution in [2.75, 3.05) is 10.2 Å². The molecule has 1 aliphatic carbocycles. The van der Waals surface area contributed by atoms with Gasteiger partial charge in [0.05, 0.1) is 21.6 Å². The van der Waals surface area contributed by atoms with E-state index in [4.69, 9.17) is 4.98 Å². The zero-order valence-electron chi connectivity index (χ0n) is 19.2. The summed E-state index contributed by atoms with van der Waals surface area (Å²) < 4.78 is 2.77. The third-order valence-corrected chi connectivity index (χ3v) is 7.51. The van der Waals surface area contributed by atoms with Crippen molar-refractivity contribution >= 4 is 50.8 Å². The minimum Gasteiger partial charge on any atom is -0.306 e. The summed E-state index contributed by atoms with van der Waals surface area (Å²) in [5, 5.41) is 8.19. The van der Waals surface area contributed by atoms with E-state index < -0.39 is 0 Å². The number of amides is 3. The third kappa shape index (κ3) is 3.91. The maximum absolute atomic E-state index is 13.1. The van der Waals surface area contributed by atoms with Crippen molar-refractivity contribution < 1.29 is 14.4 Å². The summed E-state index contributed by atoms with van der Waals surface area (Å²) in [6.45, 7) is 1.86. The summed E-state index contributed by atoms with van der Waals surface area (Å²) >= 11 is 1.55. The van der Waals surface area contributed by atoms with Crippen LogP contribution in [0, 0.1) is 6.92 Å². The van der Waals surface area contributed by atoms with Gasteiger partial charge >= 0.3 is 0 Å². The van der Waals surface area contributed by atoms with Gasteiger partial charge in [-0.3, -0.25) is 19.3 Å². The summed E-state index contributed by atoms with van der Waals surface area (Å²) in [6.07, 6.45) is 5.02. The van der Waals surface area contributed by atoms with Gasteiger partial charge < -0.3 is 5.32 Å². The number of anilines is 2. The lowest BCUT2D eigenvalue weighted by Crippen LogP contribution is -2.28. The smallest absolute Gasteiger partial charge is 0.256 e. The van der Waals surface area contributed by atoms with E-state index in [0.717, 1.165) is 33.7 Å². The molecular formula is C26H23N5O3S. The lowest BCUT2D eigenvalue weighted by atomic mass is 9.92. The monoisotopic (exact) mass is 485 g/mol. The second kappa shape index (κ2) is 8.42. The first-order valence-corrected chi connectivity index (χ1v) is 12.5. The molecule has 3 amide bonds.